The van der Waals surface area contributed by atoms with E-state index in [2.05, 4.69) is 13.0 Å². The van der Waals surface area contributed by atoms with Gasteiger partial charge in [-0.25, -0.2) is 0 Å². The summed E-state index contributed by atoms with van der Waals surface area (Å²) in [7, 11) is 0. The van der Waals surface area contributed by atoms with Crippen molar-refractivity contribution in [2.24, 2.45) is 5.92 Å². The highest BCUT2D eigenvalue weighted by Crippen LogP contribution is 2.36. The Bertz CT molecular complexity index is 375. The van der Waals surface area contributed by atoms with Crippen molar-refractivity contribution < 1.29 is 4.74 Å². The van der Waals surface area contributed by atoms with E-state index in [9.17, 15) is 0 Å². The molecular formula is C15H23NOS. The van der Waals surface area contributed by atoms with Gasteiger partial charge >= 0.3 is 0 Å². The number of rotatable bonds is 6. The Kier molecular flexibility index (Phi) is 5.24. The zero-order valence-corrected chi connectivity index (χ0v) is 12.0. The summed E-state index contributed by atoms with van der Waals surface area (Å²) in [4.78, 5) is 1.18. The van der Waals surface area contributed by atoms with E-state index in [1.165, 1.54) is 36.3 Å². The summed E-state index contributed by atoms with van der Waals surface area (Å²) in [6, 6.07) is 6.11. The largest absolute Gasteiger partial charge is 0.491 e. The molecule has 0 saturated heterocycles. The Balaban J connectivity index is 1.94. The topological polar surface area (TPSA) is 35.2 Å². The number of hydrogen-bond acceptors (Lipinski definition) is 3. The molecule has 1 fully saturated rings. The molecule has 2 nitrogen and oxygen atoms in total. The normalized spacial score (nSPS) is 16.1. The summed E-state index contributed by atoms with van der Waals surface area (Å²) in [5, 5.41) is 0. The average Bonchev–Trinajstić information content (AvgIpc) is 2.89. The van der Waals surface area contributed by atoms with Gasteiger partial charge in [-0.15, -0.1) is 11.8 Å². The van der Waals surface area contributed by atoms with Crippen LogP contribution in [-0.4, -0.2) is 12.4 Å². The third-order valence-electron chi connectivity index (χ3n) is 3.44. The molecule has 0 atom stereocenters. The Morgan fingerprint density at radius 2 is 2.11 bits per heavy atom. The van der Waals surface area contributed by atoms with E-state index in [1.807, 2.05) is 23.9 Å². The van der Waals surface area contributed by atoms with Gasteiger partial charge in [-0.1, -0.05) is 25.8 Å². The lowest BCUT2D eigenvalue weighted by Gasteiger charge is -2.13. The SMILES string of the molecule is CCCOc1cccc(SCC2CCCC2)c1N. The molecule has 1 saturated carbocycles. The first-order valence-corrected chi connectivity index (χ1v) is 7.94. The fraction of sp³-hybridized carbons (Fsp3) is 0.600. The predicted octanol–water partition coefficient (Wildman–Crippen LogP) is 4.34. The molecular weight excluding hydrogens is 242 g/mol. The molecule has 0 heterocycles. The van der Waals surface area contributed by atoms with Crippen LogP contribution in [-0.2, 0) is 0 Å². The standard InChI is InChI=1S/C15H23NOS/c1-2-10-17-13-8-5-9-14(15(13)16)18-11-12-6-3-4-7-12/h5,8-9,12H,2-4,6-7,10-11,16H2,1H3. The second-order valence-corrected chi connectivity index (χ2v) is 6.04. The van der Waals surface area contributed by atoms with Crippen LogP contribution in [0.1, 0.15) is 39.0 Å². The van der Waals surface area contributed by atoms with Crippen LogP contribution in [0.5, 0.6) is 5.75 Å². The second-order valence-electron chi connectivity index (χ2n) is 4.98. The van der Waals surface area contributed by atoms with Crippen LogP contribution in [0.25, 0.3) is 0 Å². The Hall–Kier alpha value is -0.830. The number of ether oxygens (including phenoxy) is 1. The van der Waals surface area contributed by atoms with E-state index in [-0.39, 0.29) is 0 Å². The van der Waals surface area contributed by atoms with Gasteiger partial charge in [-0.05, 0) is 37.3 Å². The minimum absolute atomic E-state index is 0.737. The Labute approximate surface area is 114 Å². The molecule has 0 aromatic heterocycles. The number of nitrogens with two attached hydrogens (primary N) is 1. The highest BCUT2D eigenvalue weighted by atomic mass is 32.2. The van der Waals surface area contributed by atoms with Crippen molar-refractivity contribution in [2.45, 2.75) is 43.9 Å². The van der Waals surface area contributed by atoms with Crippen molar-refractivity contribution in [3.63, 3.8) is 0 Å². The zero-order valence-electron chi connectivity index (χ0n) is 11.2. The van der Waals surface area contributed by atoms with E-state index in [0.717, 1.165) is 30.4 Å². The maximum atomic E-state index is 6.16. The molecule has 1 aliphatic carbocycles. The number of benzene rings is 1. The van der Waals surface area contributed by atoms with Gasteiger partial charge in [0.1, 0.15) is 5.75 Å². The van der Waals surface area contributed by atoms with Crippen molar-refractivity contribution in [1.29, 1.82) is 0 Å². The highest BCUT2D eigenvalue weighted by Gasteiger charge is 2.16. The third kappa shape index (κ3) is 3.58. The number of thioether (sulfide) groups is 1. The lowest BCUT2D eigenvalue weighted by molar-refractivity contribution is 0.318. The van der Waals surface area contributed by atoms with Gasteiger partial charge in [0.15, 0.2) is 0 Å². The van der Waals surface area contributed by atoms with Crippen LogP contribution in [0, 0.1) is 5.92 Å². The smallest absolute Gasteiger partial charge is 0.143 e. The quantitative estimate of drug-likeness (QED) is 0.614. The summed E-state index contributed by atoms with van der Waals surface area (Å²) in [6.07, 6.45) is 6.59. The number of anilines is 1. The molecule has 0 spiro atoms. The minimum atomic E-state index is 0.737. The Morgan fingerprint density at radius 1 is 1.33 bits per heavy atom. The van der Waals surface area contributed by atoms with Gasteiger partial charge in [-0.3, -0.25) is 0 Å². The summed E-state index contributed by atoms with van der Waals surface area (Å²) < 4.78 is 5.66. The molecule has 18 heavy (non-hydrogen) atoms. The van der Waals surface area contributed by atoms with Crippen molar-refractivity contribution >= 4 is 17.4 Å². The molecule has 1 aromatic carbocycles. The van der Waals surface area contributed by atoms with Crippen molar-refractivity contribution in [3.8, 4) is 5.75 Å². The van der Waals surface area contributed by atoms with Gasteiger partial charge in [0, 0.05) is 10.6 Å². The fourth-order valence-electron chi connectivity index (χ4n) is 2.37. The third-order valence-corrected chi connectivity index (χ3v) is 4.74. The molecule has 0 unspecified atom stereocenters. The first-order chi connectivity index (χ1) is 8.81. The van der Waals surface area contributed by atoms with Crippen LogP contribution in [0.4, 0.5) is 5.69 Å². The first-order valence-electron chi connectivity index (χ1n) is 6.95. The molecule has 100 valence electrons. The second kappa shape index (κ2) is 6.93. The van der Waals surface area contributed by atoms with Crippen LogP contribution in [0.15, 0.2) is 23.1 Å². The lowest BCUT2D eigenvalue weighted by atomic mass is 10.1. The van der Waals surface area contributed by atoms with E-state index in [1.54, 1.807) is 0 Å². The molecule has 0 radical (unpaired) electrons. The van der Waals surface area contributed by atoms with Gasteiger partial charge in [0.2, 0.25) is 0 Å². The molecule has 0 aliphatic heterocycles. The van der Waals surface area contributed by atoms with E-state index in [4.69, 9.17) is 10.5 Å². The van der Waals surface area contributed by atoms with E-state index in [0.29, 0.717) is 0 Å². The van der Waals surface area contributed by atoms with Crippen LogP contribution >= 0.6 is 11.8 Å². The maximum absolute atomic E-state index is 6.16. The van der Waals surface area contributed by atoms with Crippen molar-refractivity contribution in [2.75, 3.05) is 18.1 Å². The van der Waals surface area contributed by atoms with Crippen LogP contribution < -0.4 is 10.5 Å². The molecule has 0 amide bonds. The number of para-hydroxylation sites is 1. The molecule has 2 N–H and O–H groups in total. The van der Waals surface area contributed by atoms with Gasteiger partial charge in [-0.2, -0.15) is 0 Å². The molecule has 2 rings (SSSR count). The first kappa shape index (κ1) is 13.6. The average molecular weight is 265 g/mol. The van der Waals surface area contributed by atoms with Gasteiger partial charge in [0.05, 0.1) is 12.3 Å². The maximum Gasteiger partial charge on any atom is 0.143 e. The molecule has 1 aliphatic rings. The monoisotopic (exact) mass is 265 g/mol. The fourth-order valence-corrected chi connectivity index (χ4v) is 3.55. The number of nitrogen functional groups attached to an aromatic ring is 1. The summed E-state index contributed by atoms with van der Waals surface area (Å²) in [6.45, 7) is 2.84. The van der Waals surface area contributed by atoms with Gasteiger partial charge < -0.3 is 10.5 Å². The predicted molar refractivity (Wildman–Crippen MR) is 79.3 cm³/mol. The summed E-state index contributed by atoms with van der Waals surface area (Å²) in [5.41, 5.74) is 6.98. The van der Waals surface area contributed by atoms with E-state index < -0.39 is 0 Å². The Morgan fingerprint density at radius 3 is 2.83 bits per heavy atom. The molecule has 1 aromatic rings. The lowest BCUT2D eigenvalue weighted by Crippen LogP contribution is -2.01. The molecule has 3 heteroatoms. The van der Waals surface area contributed by atoms with Crippen LogP contribution in [0.3, 0.4) is 0 Å². The minimum Gasteiger partial charge on any atom is -0.491 e. The molecule has 0 bridgehead atoms. The summed E-state index contributed by atoms with van der Waals surface area (Å²) in [5.74, 6) is 2.92. The highest BCUT2D eigenvalue weighted by molar-refractivity contribution is 7.99. The van der Waals surface area contributed by atoms with Crippen LogP contribution in [0.2, 0.25) is 0 Å². The summed E-state index contributed by atoms with van der Waals surface area (Å²) >= 11 is 1.89. The number of hydrogen-bond donors (Lipinski definition) is 1. The zero-order chi connectivity index (χ0) is 12.8. The van der Waals surface area contributed by atoms with Crippen molar-refractivity contribution in [3.05, 3.63) is 18.2 Å². The van der Waals surface area contributed by atoms with Gasteiger partial charge in [0.25, 0.3) is 0 Å². The van der Waals surface area contributed by atoms with E-state index >= 15 is 0 Å². The van der Waals surface area contributed by atoms with Crippen molar-refractivity contribution in [1.82, 2.24) is 0 Å².